The van der Waals surface area contributed by atoms with Crippen LogP contribution in [0.2, 0.25) is 5.02 Å². The molecule has 0 saturated heterocycles. The van der Waals surface area contributed by atoms with Crippen LogP contribution in [-0.2, 0) is 5.41 Å². The second-order valence-corrected chi connectivity index (χ2v) is 8.27. The Morgan fingerprint density at radius 1 is 0.889 bits per heavy atom. The summed E-state index contributed by atoms with van der Waals surface area (Å²) < 4.78 is 0. The number of hydrogen-bond acceptors (Lipinski definition) is 2. The summed E-state index contributed by atoms with van der Waals surface area (Å²) in [6.07, 6.45) is 9.02. The minimum absolute atomic E-state index is 0.180. The first-order valence-electron chi connectivity index (χ1n) is 10.3. The van der Waals surface area contributed by atoms with Crippen molar-refractivity contribution >= 4 is 24.2 Å². The van der Waals surface area contributed by atoms with Crippen molar-refractivity contribution in [2.75, 3.05) is 0 Å². The van der Waals surface area contributed by atoms with Gasteiger partial charge in [0.15, 0.2) is 0 Å². The summed E-state index contributed by atoms with van der Waals surface area (Å²) in [6, 6.07) is 12.1. The lowest BCUT2D eigenvalue weighted by Gasteiger charge is -2.34. The standard InChI is InChI=1S/C23H30BClO2/c1-3-5-7-14-23(15-8-6-4-2)20-16-17(25)12-13-18(20)19-10-9-11-21(22(19)23)24(26)27/h9-13,16,26-27H,3-8,14-15H2,1-2H3. The zero-order chi connectivity index (χ0) is 19.4. The third-order valence-corrected chi connectivity index (χ3v) is 6.29. The summed E-state index contributed by atoms with van der Waals surface area (Å²) >= 11 is 6.42. The maximum atomic E-state index is 10.1. The van der Waals surface area contributed by atoms with Crippen LogP contribution in [-0.4, -0.2) is 17.2 Å². The van der Waals surface area contributed by atoms with Gasteiger partial charge in [0, 0.05) is 10.4 Å². The van der Waals surface area contributed by atoms with Gasteiger partial charge in [0.1, 0.15) is 0 Å². The summed E-state index contributed by atoms with van der Waals surface area (Å²) in [5, 5.41) is 21.0. The fourth-order valence-corrected chi connectivity index (χ4v) is 5.00. The molecule has 2 N–H and O–H groups in total. The normalized spacial score (nSPS) is 14.1. The van der Waals surface area contributed by atoms with E-state index in [2.05, 4.69) is 32.0 Å². The molecule has 3 rings (SSSR count). The van der Waals surface area contributed by atoms with E-state index in [4.69, 9.17) is 11.6 Å². The van der Waals surface area contributed by atoms with E-state index < -0.39 is 7.12 Å². The first-order chi connectivity index (χ1) is 13.0. The molecule has 1 aliphatic carbocycles. The predicted molar refractivity (Wildman–Crippen MR) is 116 cm³/mol. The maximum Gasteiger partial charge on any atom is 0.488 e. The quantitative estimate of drug-likeness (QED) is 0.446. The Morgan fingerprint density at radius 2 is 1.56 bits per heavy atom. The van der Waals surface area contributed by atoms with Crippen LogP contribution in [0.25, 0.3) is 11.1 Å². The van der Waals surface area contributed by atoms with Gasteiger partial charge in [-0.3, -0.25) is 0 Å². The molecule has 27 heavy (non-hydrogen) atoms. The van der Waals surface area contributed by atoms with Crippen LogP contribution in [0.1, 0.15) is 76.3 Å². The first-order valence-corrected chi connectivity index (χ1v) is 10.7. The van der Waals surface area contributed by atoms with Crippen molar-refractivity contribution in [3.63, 3.8) is 0 Å². The highest BCUT2D eigenvalue weighted by atomic mass is 35.5. The molecule has 0 amide bonds. The van der Waals surface area contributed by atoms with Crippen LogP contribution < -0.4 is 5.46 Å². The molecule has 0 fully saturated rings. The summed E-state index contributed by atoms with van der Waals surface area (Å²) in [6.45, 7) is 4.44. The molecular weight excluding hydrogens is 355 g/mol. The highest BCUT2D eigenvalue weighted by molar-refractivity contribution is 6.59. The highest BCUT2D eigenvalue weighted by Gasteiger charge is 2.45. The molecule has 0 radical (unpaired) electrons. The SMILES string of the molecule is CCCCCC1(CCCCC)c2cc(Cl)ccc2-c2cccc(B(O)O)c21. The lowest BCUT2D eigenvalue weighted by Crippen LogP contribution is -2.39. The average molecular weight is 385 g/mol. The third kappa shape index (κ3) is 3.83. The molecule has 0 heterocycles. The Balaban J connectivity index is 2.21. The molecule has 4 heteroatoms. The van der Waals surface area contributed by atoms with Crippen LogP contribution >= 0.6 is 11.6 Å². The van der Waals surface area contributed by atoms with Gasteiger partial charge in [-0.25, -0.2) is 0 Å². The largest absolute Gasteiger partial charge is 0.488 e. The number of benzene rings is 2. The Kier molecular flexibility index (Phi) is 6.67. The summed E-state index contributed by atoms with van der Waals surface area (Å²) in [7, 11) is -1.46. The van der Waals surface area contributed by atoms with E-state index in [-0.39, 0.29) is 5.41 Å². The van der Waals surface area contributed by atoms with Crippen LogP contribution in [0.3, 0.4) is 0 Å². The van der Waals surface area contributed by atoms with Crippen molar-refractivity contribution in [2.24, 2.45) is 0 Å². The van der Waals surface area contributed by atoms with Crippen molar-refractivity contribution < 1.29 is 10.0 Å². The Morgan fingerprint density at radius 3 is 2.15 bits per heavy atom. The molecule has 0 aromatic heterocycles. The minimum Gasteiger partial charge on any atom is -0.423 e. The second kappa shape index (κ2) is 8.81. The van der Waals surface area contributed by atoms with E-state index >= 15 is 0 Å². The molecule has 144 valence electrons. The van der Waals surface area contributed by atoms with E-state index in [1.54, 1.807) is 0 Å². The molecule has 1 aliphatic rings. The maximum absolute atomic E-state index is 10.1. The smallest absolute Gasteiger partial charge is 0.423 e. The highest BCUT2D eigenvalue weighted by Crippen LogP contribution is 2.54. The van der Waals surface area contributed by atoms with Crippen LogP contribution in [0, 0.1) is 0 Å². The lowest BCUT2D eigenvalue weighted by atomic mass is 9.64. The van der Waals surface area contributed by atoms with Crippen molar-refractivity contribution in [1.82, 2.24) is 0 Å². The van der Waals surface area contributed by atoms with Gasteiger partial charge >= 0.3 is 7.12 Å². The Bertz CT molecular complexity index is 778. The van der Waals surface area contributed by atoms with Gasteiger partial charge in [-0.2, -0.15) is 0 Å². The second-order valence-electron chi connectivity index (χ2n) is 7.83. The van der Waals surface area contributed by atoms with E-state index in [0.717, 1.165) is 41.8 Å². The molecule has 0 bridgehead atoms. The third-order valence-electron chi connectivity index (χ3n) is 6.05. The van der Waals surface area contributed by atoms with Crippen LogP contribution in [0.4, 0.5) is 0 Å². The van der Waals surface area contributed by atoms with Gasteiger partial charge in [0.25, 0.3) is 0 Å². The number of halogens is 1. The van der Waals surface area contributed by atoms with E-state index in [1.165, 1.54) is 36.8 Å². The fourth-order valence-electron chi connectivity index (χ4n) is 4.82. The lowest BCUT2D eigenvalue weighted by molar-refractivity contribution is 0.400. The van der Waals surface area contributed by atoms with Crippen LogP contribution in [0.5, 0.6) is 0 Å². The fraction of sp³-hybridized carbons (Fsp3) is 0.478. The number of rotatable bonds is 9. The van der Waals surface area contributed by atoms with Gasteiger partial charge in [-0.15, -0.1) is 0 Å². The summed E-state index contributed by atoms with van der Waals surface area (Å²) in [4.78, 5) is 0. The number of unbranched alkanes of at least 4 members (excludes halogenated alkanes) is 4. The van der Waals surface area contributed by atoms with Crippen molar-refractivity contribution in [1.29, 1.82) is 0 Å². The topological polar surface area (TPSA) is 40.5 Å². The van der Waals surface area contributed by atoms with Crippen molar-refractivity contribution in [2.45, 2.75) is 70.6 Å². The minimum atomic E-state index is -1.46. The zero-order valence-corrected chi connectivity index (χ0v) is 17.2. The molecule has 0 aliphatic heterocycles. The molecule has 2 aromatic rings. The molecule has 2 nitrogen and oxygen atoms in total. The van der Waals surface area contributed by atoms with E-state index in [1.807, 2.05) is 18.2 Å². The number of hydrogen-bond donors (Lipinski definition) is 2. The first kappa shape index (κ1) is 20.4. The molecule has 0 saturated carbocycles. The van der Waals surface area contributed by atoms with Gasteiger partial charge in [-0.1, -0.05) is 88.2 Å². The number of fused-ring (bicyclic) bond motifs is 3. The van der Waals surface area contributed by atoms with E-state index in [9.17, 15) is 10.0 Å². The summed E-state index contributed by atoms with van der Waals surface area (Å²) in [5.74, 6) is 0. The molecule has 2 aromatic carbocycles. The van der Waals surface area contributed by atoms with Gasteiger partial charge < -0.3 is 10.0 Å². The van der Waals surface area contributed by atoms with E-state index in [0.29, 0.717) is 5.46 Å². The average Bonchev–Trinajstić information content (AvgIpc) is 2.92. The van der Waals surface area contributed by atoms with Gasteiger partial charge in [0.05, 0.1) is 0 Å². The van der Waals surface area contributed by atoms with Crippen molar-refractivity contribution in [3.05, 3.63) is 52.5 Å². The zero-order valence-electron chi connectivity index (χ0n) is 16.5. The molecule has 0 unspecified atom stereocenters. The molecule has 0 atom stereocenters. The Hall–Kier alpha value is -1.29. The van der Waals surface area contributed by atoms with Gasteiger partial charge in [-0.05, 0) is 52.7 Å². The Labute approximate surface area is 168 Å². The monoisotopic (exact) mass is 384 g/mol. The summed E-state index contributed by atoms with van der Waals surface area (Å²) in [5.41, 5.74) is 5.19. The van der Waals surface area contributed by atoms with Crippen LogP contribution in [0.15, 0.2) is 36.4 Å². The predicted octanol–water partition coefficient (Wildman–Crippen LogP) is 5.45. The van der Waals surface area contributed by atoms with Crippen molar-refractivity contribution in [3.8, 4) is 11.1 Å². The van der Waals surface area contributed by atoms with Gasteiger partial charge in [0.2, 0.25) is 0 Å². The molecule has 0 spiro atoms. The molecular formula is C23H30BClO2.